The van der Waals surface area contributed by atoms with Crippen molar-refractivity contribution in [1.82, 2.24) is 9.13 Å². The number of hydrogen-bond acceptors (Lipinski definition) is 6. The zero-order valence-electron chi connectivity index (χ0n) is 18.2. The Labute approximate surface area is 175 Å². The fourth-order valence-electron chi connectivity index (χ4n) is 3.12. The summed E-state index contributed by atoms with van der Waals surface area (Å²) in [6, 6.07) is 5.24. The van der Waals surface area contributed by atoms with Gasteiger partial charge >= 0.3 is 5.69 Å². The predicted octanol–water partition coefficient (Wildman–Crippen LogP) is 1.78. The van der Waals surface area contributed by atoms with E-state index in [1.807, 2.05) is 0 Å². The van der Waals surface area contributed by atoms with Crippen LogP contribution in [0.25, 0.3) is 6.08 Å². The molecule has 0 aliphatic carbocycles. The topological polar surface area (TPSA) is 94.8 Å². The number of hydrogen-bond donors (Lipinski definition) is 1. The van der Waals surface area contributed by atoms with Gasteiger partial charge in [0.25, 0.3) is 5.56 Å². The second-order valence-corrected chi connectivity index (χ2v) is 6.61. The van der Waals surface area contributed by atoms with Gasteiger partial charge in [-0.1, -0.05) is 6.07 Å². The van der Waals surface area contributed by atoms with Gasteiger partial charge < -0.3 is 19.7 Å². The van der Waals surface area contributed by atoms with E-state index in [0.29, 0.717) is 23.9 Å². The van der Waals surface area contributed by atoms with E-state index in [9.17, 15) is 14.4 Å². The lowest BCUT2D eigenvalue weighted by molar-refractivity contribution is -0.111. The SMILES string of the molecule is CCn1c(N(C)C)c(NC(=O)/C=C/c2ccc(OC)c(OC)c2)c(=O)n(CC)c1=O. The summed E-state index contributed by atoms with van der Waals surface area (Å²) in [6.07, 6.45) is 2.92. The average Bonchev–Trinajstić information content (AvgIpc) is 2.73. The molecule has 0 unspecified atom stereocenters. The molecule has 0 fully saturated rings. The molecule has 9 nitrogen and oxygen atoms in total. The minimum atomic E-state index is -0.538. The molecule has 1 aromatic heterocycles. The van der Waals surface area contributed by atoms with Gasteiger partial charge in [-0.15, -0.1) is 0 Å². The van der Waals surface area contributed by atoms with Gasteiger partial charge in [-0.25, -0.2) is 4.79 Å². The Kier molecular flexibility index (Phi) is 7.46. The van der Waals surface area contributed by atoms with E-state index in [1.54, 1.807) is 64.2 Å². The van der Waals surface area contributed by atoms with Crippen LogP contribution in [0.3, 0.4) is 0 Å². The van der Waals surface area contributed by atoms with Gasteiger partial charge in [0, 0.05) is 33.3 Å². The Balaban J connectivity index is 2.42. The molecule has 0 bridgehead atoms. The summed E-state index contributed by atoms with van der Waals surface area (Å²) in [6.45, 7) is 4.08. The molecule has 1 heterocycles. The number of carbonyl (C=O) groups excluding carboxylic acids is 1. The molecule has 1 amide bonds. The fraction of sp³-hybridized carbons (Fsp3) is 0.381. The highest BCUT2D eigenvalue weighted by Gasteiger charge is 2.20. The maximum atomic E-state index is 12.8. The Bertz CT molecular complexity index is 1070. The highest BCUT2D eigenvalue weighted by Crippen LogP contribution is 2.28. The van der Waals surface area contributed by atoms with Gasteiger partial charge in [-0.3, -0.25) is 18.7 Å². The number of methoxy groups -OCH3 is 2. The summed E-state index contributed by atoms with van der Waals surface area (Å²) >= 11 is 0. The number of anilines is 2. The highest BCUT2D eigenvalue weighted by atomic mass is 16.5. The van der Waals surface area contributed by atoms with Crippen LogP contribution in [-0.4, -0.2) is 43.4 Å². The van der Waals surface area contributed by atoms with Crippen molar-refractivity contribution in [3.05, 3.63) is 50.7 Å². The van der Waals surface area contributed by atoms with Crippen molar-refractivity contribution >= 4 is 23.5 Å². The quantitative estimate of drug-likeness (QED) is 0.660. The van der Waals surface area contributed by atoms with Crippen LogP contribution in [0.1, 0.15) is 19.4 Å². The van der Waals surface area contributed by atoms with E-state index in [1.165, 1.54) is 17.8 Å². The van der Waals surface area contributed by atoms with Gasteiger partial charge in [0.05, 0.1) is 14.2 Å². The number of benzene rings is 1. The molecule has 0 saturated heterocycles. The molecule has 1 aromatic carbocycles. The van der Waals surface area contributed by atoms with Crippen molar-refractivity contribution in [2.75, 3.05) is 38.5 Å². The molecule has 2 rings (SSSR count). The van der Waals surface area contributed by atoms with Crippen LogP contribution in [0.15, 0.2) is 33.9 Å². The number of nitrogens with one attached hydrogen (secondary N) is 1. The van der Waals surface area contributed by atoms with Gasteiger partial charge in [0.15, 0.2) is 11.5 Å². The first-order chi connectivity index (χ1) is 14.3. The molecule has 0 saturated carbocycles. The number of carbonyl (C=O) groups is 1. The van der Waals surface area contributed by atoms with Gasteiger partial charge in [-0.05, 0) is 37.6 Å². The zero-order chi connectivity index (χ0) is 22.4. The van der Waals surface area contributed by atoms with Crippen molar-refractivity contribution in [2.45, 2.75) is 26.9 Å². The third-order valence-corrected chi connectivity index (χ3v) is 4.54. The summed E-state index contributed by atoms with van der Waals surface area (Å²) in [5.41, 5.74) is -0.165. The molecule has 0 aliphatic heterocycles. The van der Waals surface area contributed by atoms with E-state index in [-0.39, 0.29) is 12.2 Å². The van der Waals surface area contributed by atoms with Gasteiger partial charge in [-0.2, -0.15) is 0 Å². The number of nitrogens with zero attached hydrogens (tertiary/aromatic N) is 3. The van der Waals surface area contributed by atoms with Crippen molar-refractivity contribution in [1.29, 1.82) is 0 Å². The van der Waals surface area contributed by atoms with Crippen LogP contribution in [0.5, 0.6) is 11.5 Å². The maximum absolute atomic E-state index is 12.8. The van der Waals surface area contributed by atoms with E-state index >= 15 is 0 Å². The van der Waals surface area contributed by atoms with Crippen LogP contribution >= 0.6 is 0 Å². The molecule has 30 heavy (non-hydrogen) atoms. The molecule has 0 aliphatic rings. The van der Waals surface area contributed by atoms with Crippen molar-refractivity contribution < 1.29 is 14.3 Å². The monoisotopic (exact) mass is 416 g/mol. The summed E-state index contributed by atoms with van der Waals surface area (Å²) < 4.78 is 13.0. The lowest BCUT2D eigenvalue weighted by atomic mass is 10.2. The van der Waals surface area contributed by atoms with Crippen molar-refractivity contribution in [3.8, 4) is 11.5 Å². The number of ether oxygens (including phenoxy) is 2. The normalized spacial score (nSPS) is 10.9. The maximum Gasteiger partial charge on any atom is 0.332 e. The third-order valence-electron chi connectivity index (χ3n) is 4.54. The number of aromatic nitrogens is 2. The minimum Gasteiger partial charge on any atom is -0.493 e. The lowest BCUT2D eigenvalue weighted by Crippen LogP contribution is -2.43. The smallest absolute Gasteiger partial charge is 0.332 e. The van der Waals surface area contributed by atoms with Crippen LogP contribution in [0.4, 0.5) is 11.5 Å². The van der Waals surface area contributed by atoms with Crippen LogP contribution in [0.2, 0.25) is 0 Å². The van der Waals surface area contributed by atoms with E-state index < -0.39 is 17.2 Å². The lowest BCUT2D eigenvalue weighted by Gasteiger charge is -2.23. The fourth-order valence-corrected chi connectivity index (χ4v) is 3.12. The average molecular weight is 416 g/mol. The minimum absolute atomic E-state index is 0.0604. The summed E-state index contributed by atoms with van der Waals surface area (Å²) in [5.74, 6) is 0.978. The number of rotatable bonds is 8. The molecular weight excluding hydrogens is 388 g/mol. The first kappa shape index (κ1) is 22.8. The second kappa shape index (κ2) is 9.82. The molecule has 0 atom stereocenters. The van der Waals surface area contributed by atoms with E-state index in [2.05, 4.69) is 5.32 Å². The van der Waals surface area contributed by atoms with Crippen LogP contribution in [0, 0.1) is 0 Å². The second-order valence-electron chi connectivity index (χ2n) is 6.61. The largest absolute Gasteiger partial charge is 0.493 e. The third kappa shape index (κ3) is 4.56. The van der Waals surface area contributed by atoms with Crippen LogP contribution in [-0.2, 0) is 17.9 Å². The first-order valence-electron chi connectivity index (χ1n) is 9.54. The summed E-state index contributed by atoms with van der Waals surface area (Å²) in [5, 5.41) is 2.64. The molecule has 2 aromatic rings. The standard InChI is InChI=1S/C21H28N4O5/c1-7-24-19(23(3)4)18(20(27)25(8-2)21(24)28)22-17(26)12-10-14-9-11-15(29-5)16(13-14)30-6/h9-13H,7-8H2,1-6H3,(H,22,26)/b12-10+. The molecule has 0 spiro atoms. The first-order valence-corrected chi connectivity index (χ1v) is 9.54. The Morgan fingerprint density at radius 1 is 1.07 bits per heavy atom. The molecule has 1 N–H and O–H groups in total. The molecule has 162 valence electrons. The van der Waals surface area contributed by atoms with Crippen molar-refractivity contribution in [2.24, 2.45) is 0 Å². The van der Waals surface area contributed by atoms with Gasteiger partial charge in [0.2, 0.25) is 5.91 Å². The number of amides is 1. The van der Waals surface area contributed by atoms with Gasteiger partial charge in [0.1, 0.15) is 11.5 Å². The Morgan fingerprint density at radius 3 is 2.23 bits per heavy atom. The highest BCUT2D eigenvalue weighted by molar-refractivity contribution is 6.03. The van der Waals surface area contributed by atoms with Crippen LogP contribution < -0.4 is 30.9 Å². The van der Waals surface area contributed by atoms with Crippen molar-refractivity contribution in [3.63, 3.8) is 0 Å². The summed E-state index contributed by atoms with van der Waals surface area (Å²) in [4.78, 5) is 39.6. The zero-order valence-corrected chi connectivity index (χ0v) is 18.2. The Morgan fingerprint density at radius 2 is 1.70 bits per heavy atom. The predicted molar refractivity (Wildman–Crippen MR) is 118 cm³/mol. The molecular formula is C21H28N4O5. The van der Waals surface area contributed by atoms with E-state index in [0.717, 1.165) is 10.1 Å². The Hall–Kier alpha value is -3.49. The summed E-state index contributed by atoms with van der Waals surface area (Å²) in [7, 11) is 6.50. The molecule has 0 radical (unpaired) electrons. The van der Waals surface area contributed by atoms with E-state index in [4.69, 9.17) is 9.47 Å². The molecule has 9 heteroatoms.